The Morgan fingerprint density at radius 2 is 2.13 bits per heavy atom. The minimum Gasteiger partial charge on any atom is -0.305 e. The van der Waals surface area contributed by atoms with E-state index in [0.717, 1.165) is 6.54 Å². The van der Waals surface area contributed by atoms with Gasteiger partial charge in [0.1, 0.15) is 0 Å². The average Bonchev–Trinajstić information content (AvgIpc) is 2.85. The highest BCUT2D eigenvalue weighted by atomic mass is 32.1. The first-order chi connectivity index (χ1) is 7.31. The van der Waals surface area contributed by atoms with Crippen molar-refractivity contribution in [2.45, 2.75) is 19.9 Å². The van der Waals surface area contributed by atoms with E-state index in [2.05, 4.69) is 48.8 Å². The van der Waals surface area contributed by atoms with Crippen LogP contribution in [-0.4, -0.2) is 6.54 Å². The van der Waals surface area contributed by atoms with E-state index in [1.165, 1.54) is 14.6 Å². The first-order valence-electron chi connectivity index (χ1n) is 5.14. The van der Waals surface area contributed by atoms with Gasteiger partial charge in [0.25, 0.3) is 0 Å². The van der Waals surface area contributed by atoms with Crippen LogP contribution in [0.15, 0.2) is 29.6 Å². The second kappa shape index (κ2) is 4.92. The van der Waals surface area contributed by atoms with Gasteiger partial charge in [-0.25, -0.2) is 0 Å². The predicted molar refractivity (Wildman–Crippen MR) is 68.9 cm³/mol. The number of nitrogens with one attached hydrogen (secondary N) is 1. The van der Waals surface area contributed by atoms with E-state index in [-0.39, 0.29) is 0 Å². The highest BCUT2D eigenvalue weighted by molar-refractivity contribution is 7.12. The maximum atomic E-state index is 3.54. The van der Waals surface area contributed by atoms with Crippen LogP contribution in [0.1, 0.15) is 27.6 Å². The number of thiophene rings is 2. The molecule has 1 unspecified atom stereocenters. The zero-order chi connectivity index (χ0) is 10.7. The summed E-state index contributed by atoms with van der Waals surface area (Å²) in [6.07, 6.45) is 0. The van der Waals surface area contributed by atoms with Crippen LogP contribution in [0.4, 0.5) is 0 Å². The molecule has 2 rings (SSSR count). The lowest BCUT2D eigenvalue weighted by Crippen LogP contribution is -2.19. The van der Waals surface area contributed by atoms with Crippen molar-refractivity contribution >= 4 is 22.7 Å². The summed E-state index contributed by atoms with van der Waals surface area (Å²) in [4.78, 5) is 4.19. The van der Waals surface area contributed by atoms with Crippen LogP contribution in [0.5, 0.6) is 0 Å². The summed E-state index contributed by atoms with van der Waals surface area (Å²) in [5.41, 5.74) is 0. The summed E-state index contributed by atoms with van der Waals surface area (Å²) in [6, 6.07) is 9.12. The highest BCUT2D eigenvalue weighted by Crippen LogP contribution is 2.30. The molecule has 0 saturated heterocycles. The summed E-state index contributed by atoms with van der Waals surface area (Å²) in [5.74, 6) is 0. The largest absolute Gasteiger partial charge is 0.305 e. The number of hydrogen-bond acceptors (Lipinski definition) is 3. The van der Waals surface area contributed by atoms with Gasteiger partial charge in [-0.3, -0.25) is 0 Å². The lowest BCUT2D eigenvalue weighted by Gasteiger charge is -2.14. The number of hydrogen-bond donors (Lipinski definition) is 1. The molecular weight excluding hydrogens is 222 g/mol. The fourth-order valence-corrected chi connectivity index (χ4v) is 3.47. The SMILES string of the molecule is CCNC(c1cccs1)c1ccc(C)s1. The molecule has 1 atom stereocenters. The molecule has 2 heterocycles. The van der Waals surface area contributed by atoms with E-state index in [4.69, 9.17) is 0 Å². The third-order valence-electron chi connectivity index (χ3n) is 2.28. The average molecular weight is 237 g/mol. The monoisotopic (exact) mass is 237 g/mol. The van der Waals surface area contributed by atoms with Crippen molar-refractivity contribution in [3.05, 3.63) is 44.3 Å². The second-order valence-corrected chi connectivity index (χ2v) is 5.75. The smallest absolute Gasteiger partial charge is 0.0764 e. The molecule has 0 amide bonds. The van der Waals surface area contributed by atoms with Crippen LogP contribution in [0.2, 0.25) is 0 Å². The van der Waals surface area contributed by atoms with Crippen molar-refractivity contribution in [1.29, 1.82) is 0 Å². The Morgan fingerprint density at radius 1 is 1.27 bits per heavy atom. The van der Waals surface area contributed by atoms with Crippen LogP contribution >= 0.6 is 22.7 Å². The third-order valence-corrected chi connectivity index (χ3v) is 4.28. The molecule has 2 aromatic heterocycles. The van der Waals surface area contributed by atoms with Gasteiger partial charge in [0.05, 0.1) is 6.04 Å². The Balaban J connectivity index is 2.27. The van der Waals surface area contributed by atoms with E-state index in [1.54, 1.807) is 0 Å². The van der Waals surface area contributed by atoms with Crippen molar-refractivity contribution in [2.75, 3.05) is 6.54 Å². The maximum Gasteiger partial charge on any atom is 0.0764 e. The Labute approximate surface area is 98.8 Å². The van der Waals surface area contributed by atoms with Gasteiger partial charge in [-0.05, 0) is 37.0 Å². The van der Waals surface area contributed by atoms with Gasteiger partial charge in [0, 0.05) is 14.6 Å². The normalized spacial score (nSPS) is 12.9. The van der Waals surface area contributed by atoms with Crippen molar-refractivity contribution in [2.24, 2.45) is 0 Å². The predicted octanol–water partition coefficient (Wildman–Crippen LogP) is 3.82. The van der Waals surface area contributed by atoms with Crippen molar-refractivity contribution < 1.29 is 0 Å². The quantitative estimate of drug-likeness (QED) is 0.852. The Kier molecular flexibility index (Phi) is 3.57. The molecule has 0 fully saturated rings. The Morgan fingerprint density at radius 3 is 2.67 bits per heavy atom. The van der Waals surface area contributed by atoms with Crippen LogP contribution in [0, 0.1) is 6.92 Å². The van der Waals surface area contributed by atoms with Gasteiger partial charge in [0.2, 0.25) is 0 Å². The van der Waals surface area contributed by atoms with E-state index >= 15 is 0 Å². The molecule has 2 aromatic rings. The molecule has 1 N–H and O–H groups in total. The molecule has 3 heteroatoms. The highest BCUT2D eigenvalue weighted by Gasteiger charge is 2.15. The summed E-state index contributed by atoms with van der Waals surface area (Å²) < 4.78 is 0. The van der Waals surface area contributed by atoms with E-state index in [1.807, 2.05) is 22.7 Å². The fourth-order valence-electron chi connectivity index (χ4n) is 1.61. The number of rotatable bonds is 4. The van der Waals surface area contributed by atoms with Gasteiger partial charge >= 0.3 is 0 Å². The van der Waals surface area contributed by atoms with E-state index in [0.29, 0.717) is 6.04 Å². The van der Waals surface area contributed by atoms with Crippen molar-refractivity contribution in [3.63, 3.8) is 0 Å². The minimum atomic E-state index is 0.383. The lowest BCUT2D eigenvalue weighted by molar-refractivity contribution is 0.649. The lowest BCUT2D eigenvalue weighted by atomic mass is 10.2. The minimum absolute atomic E-state index is 0.383. The van der Waals surface area contributed by atoms with Gasteiger partial charge in [-0.15, -0.1) is 22.7 Å². The van der Waals surface area contributed by atoms with Gasteiger partial charge in [0.15, 0.2) is 0 Å². The molecule has 15 heavy (non-hydrogen) atoms. The molecule has 0 aromatic carbocycles. The van der Waals surface area contributed by atoms with Crippen LogP contribution < -0.4 is 5.32 Å². The van der Waals surface area contributed by atoms with Gasteiger partial charge in [-0.2, -0.15) is 0 Å². The molecule has 0 spiro atoms. The van der Waals surface area contributed by atoms with E-state index in [9.17, 15) is 0 Å². The zero-order valence-electron chi connectivity index (χ0n) is 8.99. The van der Waals surface area contributed by atoms with Crippen LogP contribution in [0.25, 0.3) is 0 Å². The molecule has 0 bridgehead atoms. The third kappa shape index (κ3) is 2.48. The van der Waals surface area contributed by atoms with Crippen LogP contribution in [0.3, 0.4) is 0 Å². The van der Waals surface area contributed by atoms with Gasteiger partial charge < -0.3 is 5.32 Å². The Hall–Kier alpha value is -0.640. The summed E-state index contributed by atoms with van der Waals surface area (Å²) >= 11 is 3.70. The topological polar surface area (TPSA) is 12.0 Å². The first-order valence-corrected chi connectivity index (χ1v) is 6.84. The maximum absolute atomic E-state index is 3.54. The summed E-state index contributed by atoms with van der Waals surface area (Å²) in [6.45, 7) is 5.31. The van der Waals surface area contributed by atoms with E-state index < -0.39 is 0 Å². The molecule has 0 aliphatic carbocycles. The van der Waals surface area contributed by atoms with Gasteiger partial charge in [-0.1, -0.05) is 13.0 Å². The molecule has 1 nitrogen and oxygen atoms in total. The molecule has 0 aliphatic rings. The molecule has 0 saturated carbocycles. The molecule has 0 aliphatic heterocycles. The zero-order valence-corrected chi connectivity index (χ0v) is 10.6. The Bertz CT molecular complexity index is 403. The second-order valence-electron chi connectivity index (χ2n) is 3.45. The molecular formula is C12H15NS2. The summed E-state index contributed by atoms with van der Waals surface area (Å²) in [5, 5.41) is 5.67. The van der Waals surface area contributed by atoms with Crippen molar-refractivity contribution in [3.8, 4) is 0 Å². The van der Waals surface area contributed by atoms with Crippen LogP contribution in [-0.2, 0) is 0 Å². The summed E-state index contributed by atoms with van der Waals surface area (Å²) in [7, 11) is 0. The number of aryl methyl sites for hydroxylation is 1. The standard InChI is InChI=1S/C12H15NS2/c1-3-13-12(10-5-4-8-14-10)11-7-6-9(2)15-11/h4-8,12-13H,3H2,1-2H3. The fraction of sp³-hybridized carbons (Fsp3) is 0.333. The van der Waals surface area contributed by atoms with Crippen molar-refractivity contribution in [1.82, 2.24) is 5.32 Å². The molecule has 0 radical (unpaired) electrons. The first kappa shape index (κ1) is 10.9. The molecule has 80 valence electrons.